The Bertz CT molecular complexity index is 202. The van der Waals surface area contributed by atoms with Crippen molar-refractivity contribution in [3.63, 3.8) is 0 Å². The Morgan fingerprint density at radius 1 is 1.50 bits per heavy atom. The number of hydrogen-bond donors (Lipinski definition) is 3. The SMILES string of the molecule is CCNC(=NCCC(=O)N(C)C)NN. The fourth-order valence-corrected chi connectivity index (χ4v) is 0.807. The van der Waals surface area contributed by atoms with Crippen LogP contribution in [0.1, 0.15) is 13.3 Å². The lowest BCUT2D eigenvalue weighted by molar-refractivity contribution is -0.128. The third-order valence-corrected chi connectivity index (χ3v) is 1.58. The Labute approximate surface area is 84.5 Å². The van der Waals surface area contributed by atoms with Gasteiger partial charge in [-0.15, -0.1) is 0 Å². The van der Waals surface area contributed by atoms with E-state index in [0.717, 1.165) is 6.54 Å². The molecule has 0 fully saturated rings. The normalized spacial score (nSPS) is 11.0. The molecule has 0 aromatic rings. The molecule has 4 N–H and O–H groups in total. The van der Waals surface area contributed by atoms with Crippen LogP contribution in [0.25, 0.3) is 0 Å². The van der Waals surface area contributed by atoms with Gasteiger partial charge in [-0.05, 0) is 6.92 Å². The van der Waals surface area contributed by atoms with Gasteiger partial charge in [0.2, 0.25) is 11.9 Å². The number of nitrogens with one attached hydrogen (secondary N) is 2. The van der Waals surface area contributed by atoms with Crippen LogP contribution in [0.3, 0.4) is 0 Å². The summed E-state index contributed by atoms with van der Waals surface area (Å²) in [4.78, 5) is 16.8. The van der Waals surface area contributed by atoms with Crippen LogP contribution in [-0.4, -0.2) is 44.0 Å². The van der Waals surface area contributed by atoms with Crippen LogP contribution in [0.5, 0.6) is 0 Å². The maximum atomic E-state index is 11.2. The molecule has 0 heterocycles. The number of aliphatic imine (C=N–C) groups is 1. The van der Waals surface area contributed by atoms with Crippen LogP contribution in [-0.2, 0) is 4.79 Å². The van der Waals surface area contributed by atoms with Crippen LogP contribution < -0.4 is 16.6 Å². The number of guanidine groups is 1. The van der Waals surface area contributed by atoms with Gasteiger partial charge in [0.15, 0.2) is 0 Å². The van der Waals surface area contributed by atoms with E-state index < -0.39 is 0 Å². The highest BCUT2D eigenvalue weighted by Crippen LogP contribution is 1.87. The molecule has 0 rings (SSSR count). The fraction of sp³-hybridized carbons (Fsp3) is 0.750. The third-order valence-electron chi connectivity index (χ3n) is 1.58. The Kier molecular flexibility index (Phi) is 6.47. The first-order valence-electron chi connectivity index (χ1n) is 4.56. The number of nitrogens with two attached hydrogens (primary N) is 1. The van der Waals surface area contributed by atoms with Gasteiger partial charge in [-0.3, -0.25) is 15.2 Å². The molecule has 0 aliphatic rings. The quantitative estimate of drug-likeness (QED) is 0.233. The minimum Gasteiger partial charge on any atom is -0.356 e. The van der Waals surface area contributed by atoms with Crippen molar-refractivity contribution in [1.82, 2.24) is 15.6 Å². The van der Waals surface area contributed by atoms with Gasteiger partial charge >= 0.3 is 0 Å². The minimum atomic E-state index is 0.0571. The van der Waals surface area contributed by atoms with Crippen LogP contribution in [0.4, 0.5) is 0 Å². The Balaban J connectivity index is 3.83. The van der Waals surface area contributed by atoms with Crippen molar-refractivity contribution in [2.24, 2.45) is 10.8 Å². The molecule has 0 spiro atoms. The standard InChI is InChI=1S/C8H19N5O/c1-4-10-8(12-9)11-6-5-7(14)13(2)3/h4-6,9H2,1-3H3,(H2,10,11,12). The van der Waals surface area contributed by atoms with Crippen LogP contribution in [0.2, 0.25) is 0 Å². The number of hydrogen-bond acceptors (Lipinski definition) is 3. The van der Waals surface area contributed by atoms with Gasteiger partial charge in [0.05, 0.1) is 6.54 Å². The number of carbonyl (C=O) groups is 1. The zero-order chi connectivity index (χ0) is 11.0. The van der Waals surface area contributed by atoms with E-state index in [1.807, 2.05) is 6.92 Å². The van der Waals surface area contributed by atoms with E-state index in [9.17, 15) is 4.79 Å². The van der Waals surface area contributed by atoms with E-state index >= 15 is 0 Å². The highest BCUT2D eigenvalue weighted by Gasteiger charge is 2.02. The van der Waals surface area contributed by atoms with Crippen molar-refractivity contribution < 1.29 is 4.79 Å². The molecule has 0 atom stereocenters. The second kappa shape index (κ2) is 7.14. The maximum Gasteiger partial charge on any atom is 0.223 e. The maximum absolute atomic E-state index is 11.2. The first kappa shape index (κ1) is 12.7. The summed E-state index contributed by atoms with van der Waals surface area (Å²) in [5.41, 5.74) is 2.42. The molecule has 0 saturated carbocycles. The van der Waals surface area contributed by atoms with E-state index in [4.69, 9.17) is 5.84 Å². The molecule has 0 aromatic carbocycles. The highest BCUT2D eigenvalue weighted by atomic mass is 16.2. The van der Waals surface area contributed by atoms with Gasteiger partial charge in [0, 0.05) is 27.1 Å². The Hall–Kier alpha value is -1.30. The zero-order valence-electron chi connectivity index (χ0n) is 9.00. The molecule has 1 amide bonds. The Morgan fingerprint density at radius 2 is 2.14 bits per heavy atom. The molecule has 0 aliphatic carbocycles. The van der Waals surface area contributed by atoms with Crippen LogP contribution in [0, 0.1) is 0 Å². The zero-order valence-corrected chi connectivity index (χ0v) is 9.00. The van der Waals surface area contributed by atoms with Gasteiger partial charge in [-0.25, -0.2) is 5.84 Å². The average Bonchev–Trinajstić information content (AvgIpc) is 2.16. The molecule has 0 saturated heterocycles. The van der Waals surface area contributed by atoms with Gasteiger partial charge in [0.25, 0.3) is 0 Å². The predicted molar refractivity (Wildman–Crippen MR) is 56.6 cm³/mol. The van der Waals surface area contributed by atoms with Gasteiger partial charge < -0.3 is 10.2 Å². The van der Waals surface area contributed by atoms with Crippen molar-refractivity contribution in [2.75, 3.05) is 27.2 Å². The monoisotopic (exact) mass is 201 g/mol. The second-order valence-corrected chi connectivity index (χ2v) is 2.94. The summed E-state index contributed by atoms with van der Waals surface area (Å²) in [6.07, 6.45) is 0.392. The molecule has 6 heteroatoms. The van der Waals surface area contributed by atoms with Crippen molar-refractivity contribution >= 4 is 11.9 Å². The van der Waals surface area contributed by atoms with E-state index in [1.165, 1.54) is 4.90 Å². The van der Waals surface area contributed by atoms with Crippen molar-refractivity contribution in [3.05, 3.63) is 0 Å². The van der Waals surface area contributed by atoms with Crippen LogP contribution >= 0.6 is 0 Å². The molecular formula is C8H19N5O. The van der Waals surface area contributed by atoms with Gasteiger partial charge in [-0.1, -0.05) is 0 Å². The highest BCUT2D eigenvalue weighted by molar-refractivity contribution is 5.80. The summed E-state index contributed by atoms with van der Waals surface area (Å²) >= 11 is 0. The number of rotatable bonds is 4. The summed E-state index contributed by atoms with van der Waals surface area (Å²) in [7, 11) is 3.44. The largest absolute Gasteiger partial charge is 0.356 e. The summed E-state index contributed by atoms with van der Waals surface area (Å²) in [6.45, 7) is 3.12. The second-order valence-electron chi connectivity index (χ2n) is 2.94. The average molecular weight is 201 g/mol. The molecule has 6 nitrogen and oxygen atoms in total. The number of carbonyl (C=O) groups excluding carboxylic acids is 1. The molecule has 0 aliphatic heterocycles. The molecule has 0 radical (unpaired) electrons. The first-order valence-corrected chi connectivity index (χ1v) is 4.56. The van der Waals surface area contributed by atoms with E-state index in [-0.39, 0.29) is 5.91 Å². The topological polar surface area (TPSA) is 82.8 Å². The third kappa shape index (κ3) is 5.36. The number of amides is 1. The summed E-state index contributed by atoms with van der Waals surface area (Å²) in [6, 6.07) is 0. The van der Waals surface area contributed by atoms with E-state index in [1.54, 1.807) is 14.1 Å². The lowest BCUT2D eigenvalue weighted by atomic mass is 10.4. The number of nitrogens with zero attached hydrogens (tertiary/aromatic N) is 2. The van der Waals surface area contributed by atoms with E-state index in [2.05, 4.69) is 15.7 Å². The lowest BCUT2D eigenvalue weighted by Gasteiger charge is -2.09. The smallest absolute Gasteiger partial charge is 0.223 e. The summed E-state index contributed by atoms with van der Waals surface area (Å²) in [5, 5.41) is 2.92. The summed E-state index contributed by atoms with van der Waals surface area (Å²) in [5.74, 6) is 5.77. The fourth-order valence-electron chi connectivity index (χ4n) is 0.807. The number of hydrazine groups is 1. The lowest BCUT2D eigenvalue weighted by Crippen LogP contribution is -2.41. The van der Waals surface area contributed by atoms with Gasteiger partial charge in [-0.2, -0.15) is 0 Å². The van der Waals surface area contributed by atoms with Crippen molar-refractivity contribution in [2.45, 2.75) is 13.3 Å². The first-order chi connectivity index (χ1) is 6.61. The molecule has 14 heavy (non-hydrogen) atoms. The van der Waals surface area contributed by atoms with Crippen molar-refractivity contribution in [1.29, 1.82) is 0 Å². The molecule has 82 valence electrons. The molecule has 0 aromatic heterocycles. The molecule has 0 bridgehead atoms. The van der Waals surface area contributed by atoms with E-state index in [0.29, 0.717) is 18.9 Å². The van der Waals surface area contributed by atoms with Crippen LogP contribution in [0.15, 0.2) is 4.99 Å². The molecule has 0 unspecified atom stereocenters. The predicted octanol–water partition coefficient (Wildman–Crippen LogP) is -1.11. The summed E-state index contributed by atoms with van der Waals surface area (Å²) < 4.78 is 0. The molecular weight excluding hydrogens is 182 g/mol. The minimum absolute atomic E-state index is 0.0571. The van der Waals surface area contributed by atoms with Crippen molar-refractivity contribution in [3.8, 4) is 0 Å². The Morgan fingerprint density at radius 3 is 2.57 bits per heavy atom. The van der Waals surface area contributed by atoms with Gasteiger partial charge in [0.1, 0.15) is 0 Å².